The highest BCUT2D eigenvalue weighted by molar-refractivity contribution is 7.81. The lowest BCUT2D eigenvalue weighted by atomic mass is 9.94. The van der Waals surface area contributed by atoms with Gasteiger partial charge in [0.05, 0.1) is 0 Å². The minimum Gasteiger partial charge on any atom is -0.167 e. The van der Waals surface area contributed by atoms with Crippen LogP contribution in [0.2, 0.25) is 0 Å². The van der Waals surface area contributed by atoms with E-state index in [1.807, 2.05) is 13.0 Å². The summed E-state index contributed by atoms with van der Waals surface area (Å²) in [6.07, 6.45) is 8.62. The first-order valence-corrected chi connectivity index (χ1v) is 4.46. The van der Waals surface area contributed by atoms with Crippen LogP contribution in [0.15, 0.2) is 36.0 Å². The van der Waals surface area contributed by atoms with Gasteiger partial charge >= 0.3 is 0 Å². The molecule has 0 saturated carbocycles. The van der Waals surface area contributed by atoms with Crippen molar-refractivity contribution in [1.82, 2.24) is 0 Å². The van der Waals surface area contributed by atoms with Crippen LogP contribution in [-0.4, -0.2) is 5.25 Å². The minimum absolute atomic E-state index is 0.264. The molecular formula is C10H14S. The minimum atomic E-state index is 0.264. The maximum absolute atomic E-state index is 4.47. The molecule has 0 radical (unpaired) electrons. The second-order valence-electron chi connectivity index (χ2n) is 2.80. The molecule has 0 aromatic carbocycles. The summed E-state index contributed by atoms with van der Waals surface area (Å²) in [5.41, 5.74) is 2.54. The Bertz CT molecular complexity index is 211. The fourth-order valence-electron chi connectivity index (χ4n) is 1.26. The third kappa shape index (κ3) is 2.00. The van der Waals surface area contributed by atoms with Crippen molar-refractivity contribution in [1.29, 1.82) is 0 Å². The highest BCUT2D eigenvalue weighted by Gasteiger charge is 2.14. The average Bonchev–Trinajstić information content (AvgIpc) is 1.99. The number of hydrogen-bond acceptors (Lipinski definition) is 1. The largest absolute Gasteiger partial charge is 0.167 e. The van der Waals surface area contributed by atoms with E-state index in [1.165, 1.54) is 11.1 Å². The summed E-state index contributed by atoms with van der Waals surface area (Å²) in [5, 5.41) is 0.264. The standard InChI is InChI=1S/C10H14S/c1-3-5-9-7-4-6-8(2)10(9)11/h3,5,7,10-11H,2,4,6H2,1H3. The van der Waals surface area contributed by atoms with Crippen molar-refractivity contribution in [2.75, 3.05) is 0 Å². The molecule has 60 valence electrons. The Morgan fingerprint density at radius 1 is 1.73 bits per heavy atom. The van der Waals surface area contributed by atoms with Crippen molar-refractivity contribution in [3.8, 4) is 0 Å². The molecule has 0 saturated heterocycles. The Balaban J connectivity index is 2.77. The van der Waals surface area contributed by atoms with Crippen LogP contribution in [-0.2, 0) is 0 Å². The molecule has 1 rings (SSSR count). The van der Waals surface area contributed by atoms with Gasteiger partial charge in [-0.1, -0.05) is 30.4 Å². The molecule has 0 aromatic rings. The van der Waals surface area contributed by atoms with Gasteiger partial charge in [-0.05, 0) is 25.3 Å². The Hall–Kier alpha value is -0.430. The normalized spacial score (nSPS) is 25.8. The van der Waals surface area contributed by atoms with Crippen LogP contribution in [0.4, 0.5) is 0 Å². The van der Waals surface area contributed by atoms with Crippen LogP contribution in [0.25, 0.3) is 0 Å². The highest BCUT2D eigenvalue weighted by atomic mass is 32.1. The van der Waals surface area contributed by atoms with Crippen LogP contribution < -0.4 is 0 Å². The Morgan fingerprint density at radius 3 is 3.09 bits per heavy atom. The second-order valence-corrected chi connectivity index (χ2v) is 3.32. The fourth-order valence-corrected chi connectivity index (χ4v) is 1.58. The molecule has 0 amide bonds. The van der Waals surface area contributed by atoms with Crippen molar-refractivity contribution in [2.45, 2.75) is 25.0 Å². The van der Waals surface area contributed by atoms with Crippen molar-refractivity contribution in [3.63, 3.8) is 0 Å². The zero-order valence-corrected chi connectivity index (χ0v) is 7.77. The zero-order chi connectivity index (χ0) is 8.27. The van der Waals surface area contributed by atoms with Crippen LogP contribution in [0.3, 0.4) is 0 Å². The molecular weight excluding hydrogens is 152 g/mol. The van der Waals surface area contributed by atoms with E-state index >= 15 is 0 Å². The average molecular weight is 166 g/mol. The molecule has 1 aliphatic rings. The van der Waals surface area contributed by atoms with Crippen molar-refractivity contribution in [3.05, 3.63) is 36.0 Å². The van der Waals surface area contributed by atoms with Crippen molar-refractivity contribution in [2.24, 2.45) is 0 Å². The van der Waals surface area contributed by atoms with Gasteiger partial charge in [0, 0.05) is 5.25 Å². The van der Waals surface area contributed by atoms with Gasteiger partial charge in [0.1, 0.15) is 0 Å². The molecule has 0 bridgehead atoms. The molecule has 0 nitrogen and oxygen atoms in total. The highest BCUT2D eigenvalue weighted by Crippen LogP contribution is 2.27. The van der Waals surface area contributed by atoms with E-state index in [1.54, 1.807) is 0 Å². The second kappa shape index (κ2) is 3.82. The van der Waals surface area contributed by atoms with Gasteiger partial charge in [-0.3, -0.25) is 0 Å². The fraction of sp³-hybridized carbons (Fsp3) is 0.400. The molecule has 0 N–H and O–H groups in total. The molecule has 1 unspecified atom stereocenters. The third-order valence-corrected chi connectivity index (χ3v) is 2.57. The Morgan fingerprint density at radius 2 is 2.45 bits per heavy atom. The number of thiol groups is 1. The van der Waals surface area contributed by atoms with Crippen LogP contribution in [0.1, 0.15) is 19.8 Å². The predicted molar refractivity (Wildman–Crippen MR) is 54.0 cm³/mol. The summed E-state index contributed by atoms with van der Waals surface area (Å²) >= 11 is 4.47. The molecule has 0 spiro atoms. The maximum atomic E-state index is 4.47. The van der Waals surface area contributed by atoms with Gasteiger partial charge < -0.3 is 0 Å². The van der Waals surface area contributed by atoms with Gasteiger partial charge in [-0.2, -0.15) is 12.6 Å². The van der Waals surface area contributed by atoms with E-state index in [0.29, 0.717) is 0 Å². The number of allylic oxidation sites excluding steroid dienone is 3. The van der Waals surface area contributed by atoms with E-state index in [-0.39, 0.29) is 5.25 Å². The summed E-state index contributed by atoms with van der Waals surface area (Å²) in [5.74, 6) is 0. The van der Waals surface area contributed by atoms with E-state index < -0.39 is 0 Å². The van der Waals surface area contributed by atoms with Gasteiger partial charge in [0.15, 0.2) is 0 Å². The smallest absolute Gasteiger partial charge is 0.0470 e. The van der Waals surface area contributed by atoms with Gasteiger partial charge in [0.2, 0.25) is 0 Å². The summed E-state index contributed by atoms with van der Waals surface area (Å²) < 4.78 is 0. The molecule has 1 aliphatic carbocycles. The molecule has 11 heavy (non-hydrogen) atoms. The lowest BCUT2D eigenvalue weighted by Gasteiger charge is -2.19. The summed E-state index contributed by atoms with van der Waals surface area (Å²) in [7, 11) is 0. The SMILES string of the molecule is C=C1CCC=C(C=CC)C1S. The van der Waals surface area contributed by atoms with E-state index in [2.05, 4.69) is 31.4 Å². The van der Waals surface area contributed by atoms with Crippen molar-refractivity contribution >= 4 is 12.6 Å². The molecule has 0 aliphatic heterocycles. The molecule has 1 atom stereocenters. The van der Waals surface area contributed by atoms with E-state index in [9.17, 15) is 0 Å². The van der Waals surface area contributed by atoms with Gasteiger partial charge in [-0.15, -0.1) is 0 Å². The Kier molecular flexibility index (Phi) is 3.01. The quantitative estimate of drug-likeness (QED) is 0.449. The summed E-state index contributed by atoms with van der Waals surface area (Å²) in [6, 6.07) is 0. The van der Waals surface area contributed by atoms with E-state index in [4.69, 9.17) is 0 Å². The topological polar surface area (TPSA) is 0 Å². The van der Waals surface area contributed by atoms with Gasteiger partial charge in [0.25, 0.3) is 0 Å². The first kappa shape index (κ1) is 8.66. The van der Waals surface area contributed by atoms with Crippen LogP contribution in [0.5, 0.6) is 0 Å². The van der Waals surface area contributed by atoms with Crippen molar-refractivity contribution < 1.29 is 0 Å². The molecule has 0 aromatic heterocycles. The maximum Gasteiger partial charge on any atom is 0.0470 e. The lowest BCUT2D eigenvalue weighted by Crippen LogP contribution is -2.08. The monoisotopic (exact) mass is 166 g/mol. The predicted octanol–water partition coefficient (Wildman–Crippen LogP) is 3.14. The third-order valence-electron chi connectivity index (χ3n) is 1.91. The molecule has 0 fully saturated rings. The zero-order valence-electron chi connectivity index (χ0n) is 6.88. The number of hydrogen-bond donors (Lipinski definition) is 1. The first-order chi connectivity index (χ1) is 5.25. The van der Waals surface area contributed by atoms with Crippen LogP contribution in [0, 0.1) is 0 Å². The molecule has 0 heterocycles. The number of rotatable bonds is 1. The van der Waals surface area contributed by atoms with Crippen LogP contribution >= 0.6 is 12.6 Å². The summed E-state index contributed by atoms with van der Waals surface area (Å²) in [6.45, 7) is 6.00. The molecule has 1 heteroatoms. The van der Waals surface area contributed by atoms with Gasteiger partial charge in [-0.25, -0.2) is 0 Å². The lowest BCUT2D eigenvalue weighted by molar-refractivity contribution is 0.894. The van der Waals surface area contributed by atoms with E-state index in [0.717, 1.165) is 12.8 Å². The first-order valence-electron chi connectivity index (χ1n) is 3.94. The Labute approximate surface area is 74.1 Å². The summed E-state index contributed by atoms with van der Waals surface area (Å²) in [4.78, 5) is 0.